The quantitative estimate of drug-likeness (QED) is 0.834. The van der Waals surface area contributed by atoms with Gasteiger partial charge in [-0.15, -0.1) is 0 Å². The second-order valence-corrected chi connectivity index (χ2v) is 7.58. The highest BCUT2D eigenvalue weighted by Gasteiger charge is 2.40. The summed E-state index contributed by atoms with van der Waals surface area (Å²) in [5.41, 5.74) is 7.61. The Morgan fingerprint density at radius 3 is 3.10 bits per heavy atom. The Labute approximate surface area is 132 Å². The zero-order chi connectivity index (χ0) is 14.8. The summed E-state index contributed by atoms with van der Waals surface area (Å²) in [7, 11) is 0. The molecule has 2 fully saturated rings. The van der Waals surface area contributed by atoms with Crippen LogP contribution < -0.4 is 11.1 Å². The first kappa shape index (κ1) is 15.2. The third-order valence-corrected chi connectivity index (χ3v) is 5.99. The third-order valence-electron chi connectivity index (χ3n) is 5.18. The predicted octanol–water partition coefficient (Wildman–Crippen LogP) is 2.03. The van der Waals surface area contributed by atoms with Crippen molar-refractivity contribution in [2.45, 2.75) is 44.7 Å². The summed E-state index contributed by atoms with van der Waals surface area (Å²) < 4.78 is 0. The molecule has 3 N–H and O–H groups in total. The van der Waals surface area contributed by atoms with E-state index in [1.807, 2.05) is 18.0 Å². The molecule has 4 atom stereocenters. The Bertz CT molecular complexity index is 434. The first-order chi connectivity index (χ1) is 10.2. The predicted molar refractivity (Wildman–Crippen MR) is 91.5 cm³/mol. The summed E-state index contributed by atoms with van der Waals surface area (Å²) in [5, 5.41) is 3.79. The zero-order valence-corrected chi connectivity index (χ0v) is 14.0. The van der Waals surface area contributed by atoms with E-state index in [0.717, 1.165) is 31.2 Å². The van der Waals surface area contributed by atoms with Gasteiger partial charge in [0.05, 0.1) is 6.04 Å². The van der Waals surface area contributed by atoms with E-state index in [1.165, 1.54) is 30.7 Å². The van der Waals surface area contributed by atoms with Gasteiger partial charge >= 0.3 is 0 Å². The van der Waals surface area contributed by atoms with E-state index in [-0.39, 0.29) is 0 Å². The molecule has 0 spiro atoms. The second-order valence-electron chi connectivity index (χ2n) is 6.67. The summed E-state index contributed by atoms with van der Waals surface area (Å²) in [5.74, 6) is 3.63. The SMILES string of the molecule is CCCN1C(N)=NC=C2C[C@@H]3NC[C@@H](CSC)C[C@H]3CC21. The summed E-state index contributed by atoms with van der Waals surface area (Å²) in [6, 6.07) is 1.15. The van der Waals surface area contributed by atoms with E-state index in [1.54, 1.807) is 0 Å². The van der Waals surface area contributed by atoms with E-state index < -0.39 is 0 Å². The molecule has 0 aromatic heterocycles. The van der Waals surface area contributed by atoms with Crippen molar-refractivity contribution in [3.63, 3.8) is 0 Å². The molecule has 0 amide bonds. The van der Waals surface area contributed by atoms with Gasteiger partial charge in [0.15, 0.2) is 5.96 Å². The molecule has 2 aliphatic heterocycles. The Morgan fingerprint density at radius 1 is 1.48 bits per heavy atom. The number of hydrogen-bond acceptors (Lipinski definition) is 5. The van der Waals surface area contributed by atoms with Crippen LogP contribution in [0.15, 0.2) is 16.8 Å². The first-order valence-electron chi connectivity index (χ1n) is 8.24. The molecule has 1 aliphatic carbocycles. The maximum atomic E-state index is 6.13. The molecule has 3 rings (SSSR count). The maximum Gasteiger partial charge on any atom is 0.196 e. The molecule has 0 aromatic rings. The van der Waals surface area contributed by atoms with Gasteiger partial charge in [0.1, 0.15) is 0 Å². The second kappa shape index (κ2) is 6.61. The maximum absolute atomic E-state index is 6.13. The van der Waals surface area contributed by atoms with Crippen molar-refractivity contribution in [2.75, 3.05) is 25.1 Å². The van der Waals surface area contributed by atoms with Crippen LogP contribution in [0.1, 0.15) is 32.6 Å². The van der Waals surface area contributed by atoms with Gasteiger partial charge in [-0.25, -0.2) is 4.99 Å². The summed E-state index contributed by atoms with van der Waals surface area (Å²) in [6.45, 7) is 4.42. The van der Waals surface area contributed by atoms with Crippen LogP contribution in [0, 0.1) is 11.8 Å². The van der Waals surface area contributed by atoms with Gasteiger partial charge in [-0.3, -0.25) is 0 Å². The molecule has 1 saturated carbocycles. The van der Waals surface area contributed by atoms with Crippen molar-refractivity contribution in [3.05, 3.63) is 11.8 Å². The summed E-state index contributed by atoms with van der Waals surface area (Å²) in [4.78, 5) is 6.76. The van der Waals surface area contributed by atoms with Gasteiger partial charge in [-0.1, -0.05) is 6.92 Å². The van der Waals surface area contributed by atoms with Gasteiger partial charge in [0.2, 0.25) is 0 Å². The highest BCUT2D eigenvalue weighted by atomic mass is 32.2. The van der Waals surface area contributed by atoms with Gasteiger partial charge in [0.25, 0.3) is 0 Å². The van der Waals surface area contributed by atoms with Gasteiger partial charge in [-0.05, 0) is 61.6 Å². The average molecular weight is 308 g/mol. The molecule has 1 saturated heterocycles. The van der Waals surface area contributed by atoms with E-state index in [4.69, 9.17) is 5.73 Å². The lowest BCUT2D eigenvalue weighted by atomic mass is 9.72. The molecule has 1 unspecified atom stereocenters. The fraction of sp³-hybridized carbons (Fsp3) is 0.812. The number of fused-ring (bicyclic) bond motifs is 2. The lowest BCUT2D eigenvalue weighted by Gasteiger charge is -2.48. The van der Waals surface area contributed by atoms with Crippen LogP contribution in [-0.4, -0.2) is 48.0 Å². The summed E-state index contributed by atoms with van der Waals surface area (Å²) >= 11 is 1.98. The molecule has 3 aliphatic rings. The first-order valence-corrected chi connectivity index (χ1v) is 9.63. The highest BCUT2D eigenvalue weighted by Crippen LogP contribution is 2.39. The Balaban J connectivity index is 1.72. The van der Waals surface area contributed by atoms with Gasteiger partial charge in [-0.2, -0.15) is 11.8 Å². The largest absolute Gasteiger partial charge is 0.369 e. The smallest absolute Gasteiger partial charge is 0.196 e. The van der Waals surface area contributed by atoms with Crippen molar-refractivity contribution in [2.24, 2.45) is 22.6 Å². The minimum Gasteiger partial charge on any atom is -0.369 e. The standard InChI is InChI=1S/C16H28N4S/c1-3-4-20-15-7-12-5-11(10-21-2)8-18-14(12)6-13(15)9-19-16(20)17/h9,11-12,14-15,18H,3-8,10H2,1-2H3,(H2,17,19)/t11-,12-,14-,15?/m0/s1. The van der Waals surface area contributed by atoms with Crippen LogP contribution in [-0.2, 0) is 0 Å². The molecular weight excluding hydrogens is 280 g/mol. The molecule has 0 aromatic carbocycles. The molecule has 4 nitrogen and oxygen atoms in total. The molecule has 2 heterocycles. The number of nitrogens with zero attached hydrogens (tertiary/aromatic N) is 2. The number of thioether (sulfide) groups is 1. The topological polar surface area (TPSA) is 53.6 Å². The van der Waals surface area contributed by atoms with Crippen LogP contribution in [0.5, 0.6) is 0 Å². The molecule has 0 radical (unpaired) electrons. The zero-order valence-electron chi connectivity index (χ0n) is 13.2. The number of nitrogens with two attached hydrogens (primary N) is 1. The molecule has 118 valence electrons. The fourth-order valence-corrected chi connectivity index (χ4v) is 4.94. The van der Waals surface area contributed by atoms with E-state index in [2.05, 4.69) is 28.4 Å². The van der Waals surface area contributed by atoms with Crippen molar-refractivity contribution >= 4 is 17.7 Å². The fourth-order valence-electron chi connectivity index (χ4n) is 4.21. The van der Waals surface area contributed by atoms with Crippen molar-refractivity contribution in [3.8, 4) is 0 Å². The van der Waals surface area contributed by atoms with Gasteiger partial charge < -0.3 is 16.0 Å². The number of guanidine groups is 1. The number of hydrogen-bond donors (Lipinski definition) is 2. The number of piperidine rings is 1. The number of nitrogens with one attached hydrogen (secondary N) is 1. The summed E-state index contributed by atoms with van der Waals surface area (Å²) in [6.07, 6.45) is 9.15. The Morgan fingerprint density at radius 2 is 2.33 bits per heavy atom. The van der Waals surface area contributed by atoms with Crippen LogP contribution in [0.2, 0.25) is 0 Å². The van der Waals surface area contributed by atoms with Crippen LogP contribution in [0.3, 0.4) is 0 Å². The monoisotopic (exact) mass is 308 g/mol. The van der Waals surface area contributed by atoms with E-state index in [9.17, 15) is 0 Å². The lowest BCUT2D eigenvalue weighted by Crippen LogP contribution is -2.56. The van der Waals surface area contributed by atoms with Crippen molar-refractivity contribution in [1.82, 2.24) is 10.2 Å². The lowest BCUT2D eigenvalue weighted by molar-refractivity contribution is 0.149. The van der Waals surface area contributed by atoms with Crippen LogP contribution in [0.25, 0.3) is 0 Å². The molecule has 0 bridgehead atoms. The van der Waals surface area contributed by atoms with Crippen molar-refractivity contribution < 1.29 is 0 Å². The van der Waals surface area contributed by atoms with E-state index in [0.29, 0.717) is 18.0 Å². The Hall–Kier alpha value is -0.680. The molecule has 5 heteroatoms. The normalized spacial score (nSPS) is 35.6. The van der Waals surface area contributed by atoms with Crippen molar-refractivity contribution in [1.29, 1.82) is 0 Å². The highest BCUT2D eigenvalue weighted by molar-refractivity contribution is 7.98. The minimum absolute atomic E-state index is 0.499. The van der Waals surface area contributed by atoms with Crippen LogP contribution in [0.4, 0.5) is 0 Å². The van der Waals surface area contributed by atoms with Gasteiger partial charge in [0, 0.05) is 18.8 Å². The van der Waals surface area contributed by atoms with Crippen LogP contribution >= 0.6 is 11.8 Å². The molecular formula is C16H28N4S. The Kier molecular flexibility index (Phi) is 4.79. The molecule has 21 heavy (non-hydrogen) atoms. The number of rotatable bonds is 4. The third kappa shape index (κ3) is 3.09. The minimum atomic E-state index is 0.499. The number of aliphatic imine (C=N–C) groups is 1. The average Bonchev–Trinajstić information content (AvgIpc) is 2.49. The van der Waals surface area contributed by atoms with E-state index >= 15 is 0 Å².